The Morgan fingerprint density at radius 1 is 1.19 bits per heavy atom. The van der Waals surface area contributed by atoms with E-state index < -0.39 is 57.1 Å². The summed E-state index contributed by atoms with van der Waals surface area (Å²) in [5.74, 6) is -1.39. The molecular weight excluding hydrogens is 548 g/mol. The van der Waals surface area contributed by atoms with Crippen LogP contribution in [0, 0.1) is 11.2 Å². The van der Waals surface area contributed by atoms with Gasteiger partial charge in [-0.2, -0.15) is 17.9 Å². The second-order valence-corrected chi connectivity index (χ2v) is 12.1. The van der Waals surface area contributed by atoms with Crippen molar-refractivity contribution in [3.8, 4) is 21.1 Å². The summed E-state index contributed by atoms with van der Waals surface area (Å²) < 4.78 is 113. The first kappa shape index (κ1) is 29.1. The first-order chi connectivity index (χ1) is 16.9. The van der Waals surface area contributed by atoms with Crippen molar-refractivity contribution in [2.24, 2.45) is 5.41 Å². The molecule has 2 N–H and O–H groups in total. The lowest BCUT2D eigenvalue weighted by atomic mass is 9.91. The van der Waals surface area contributed by atoms with Gasteiger partial charge in [-0.1, -0.05) is 32.0 Å². The summed E-state index contributed by atoms with van der Waals surface area (Å²) in [6.07, 6.45) is -8.01. The maximum absolute atomic E-state index is 15.2. The lowest BCUT2D eigenvalue weighted by Crippen LogP contribution is -2.43. The van der Waals surface area contributed by atoms with Crippen LogP contribution in [0.15, 0.2) is 27.6 Å². The van der Waals surface area contributed by atoms with Gasteiger partial charge in [0.15, 0.2) is 5.82 Å². The Balaban J connectivity index is 2.09. The number of sulfonamides is 1. The number of alkyl halides is 5. The van der Waals surface area contributed by atoms with Crippen LogP contribution in [-0.2, 0) is 23.1 Å². The molecule has 2 aromatic heterocycles. The third kappa shape index (κ3) is 6.51. The number of thiazole rings is 1. The number of hydrogen-bond donors (Lipinski definition) is 2. The second kappa shape index (κ2) is 10.3. The van der Waals surface area contributed by atoms with Crippen LogP contribution in [0.1, 0.15) is 51.1 Å². The Morgan fingerprint density at radius 3 is 2.38 bits per heavy atom. The van der Waals surface area contributed by atoms with Crippen LogP contribution in [0.3, 0.4) is 0 Å². The zero-order valence-corrected chi connectivity index (χ0v) is 21.6. The molecule has 0 aliphatic heterocycles. The van der Waals surface area contributed by atoms with Crippen molar-refractivity contribution in [3.63, 3.8) is 0 Å². The van der Waals surface area contributed by atoms with E-state index in [9.17, 15) is 35.5 Å². The van der Waals surface area contributed by atoms with Crippen LogP contribution in [0.4, 0.5) is 26.3 Å². The van der Waals surface area contributed by atoms with Gasteiger partial charge in [0, 0.05) is 18.1 Å². The highest BCUT2D eigenvalue weighted by Gasteiger charge is 2.40. The summed E-state index contributed by atoms with van der Waals surface area (Å²) in [6, 6.07) is 0.413. The molecule has 1 aromatic carbocycles. The van der Waals surface area contributed by atoms with Crippen molar-refractivity contribution in [3.05, 3.63) is 41.0 Å². The SMILES string of the molecule is C[C@H](NS(=O)(=O)c1ccc(-c2sc(-c3cc(CC(C)(C)C)on3)nc2CO)c(C(F)F)c1F)C(F)(F)F. The highest BCUT2D eigenvalue weighted by atomic mass is 32.2. The van der Waals surface area contributed by atoms with Gasteiger partial charge in [-0.15, -0.1) is 11.3 Å². The van der Waals surface area contributed by atoms with Crippen LogP contribution in [0.5, 0.6) is 0 Å². The van der Waals surface area contributed by atoms with Crippen LogP contribution < -0.4 is 4.72 Å². The minimum atomic E-state index is -5.16. The first-order valence-electron chi connectivity index (χ1n) is 10.7. The predicted molar refractivity (Wildman–Crippen MR) is 123 cm³/mol. The zero-order chi connectivity index (χ0) is 27.9. The van der Waals surface area contributed by atoms with Gasteiger partial charge in [-0.3, -0.25) is 0 Å². The van der Waals surface area contributed by atoms with Gasteiger partial charge in [0.1, 0.15) is 27.4 Å². The lowest BCUT2D eigenvalue weighted by molar-refractivity contribution is -0.147. The molecule has 3 rings (SSSR count). The number of nitrogens with one attached hydrogen (secondary N) is 1. The molecule has 0 spiro atoms. The number of aliphatic hydroxyl groups excluding tert-OH is 1. The molecule has 15 heteroatoms. The molecule has 204 valence electrons. The average molecular weight is 572 g/mol. The summed E-state index contributed by atoms with van der Waals surface area (Å²) in [4.78, 5) is 2.71. The molecule has 0 amide bonds. The number of benzene rings is 1. The van der Waals surface area contributed by atoms with Crippen molar-refractivity contribution in [1.82, 2.24) is 14.9 Å². The third-order valence-corrected chi connectivity index (χ3v) is 7.76. The first-order valence-corrected chi connectivity index (χ1v) is 13.0. The van der Waals surface area contributed by atoms with E-state index in [0.29, 0.717) is 25.2 Å². The van der Waals surface area contributed by atoms with E-state index in [-0.39, 0.29) is 26.7 Å². The molecule has 0 bridgehead atoms. The summed E-state index contributed by atoms with van der Waals surface area (Å²) in [5.41, 5.74) is -1.82. The van der Waals surface area contributed by atoms with E-state index in [4.69, 9.17) is 4.52 Å². The molecule has 2 heterocycles. The van der Waals surface area contributed by atoms with Crippen LogP contribution >= 0.6 is 11.3 Å². The van der Waals surface area contributed by atoms with Crippen molar-refractivity contribution >= 4 is 21.4 Å². The van der Waals surface area contributed by atoms with Crippen molar-refractivity contribution < 1.29 is 44.4 Å². The fourth-order valence-electron chi connectivity index (χ4n) is 3.35. The van der Waals surface area contributed by atoms with Crippen molar-refractivity contribution in [2.45, 2.75) is 64.3 Å². The minimum Gasteiger partial charge on any atom is -0.390 e. The highest BCUT2D eigenvalue weighted by molar-refractivity contribution is 7.89. The smallest absolute Gasteiger partial charge is 0.390 e. The zero-order valence-electron chi connectivity index (χ0n) is 20.0. The lowest BCUT2D eigenvalue weighted by Gasteiger charge is -2.19. The Hall–Kier alpha value is -2.49. The normalized spacial score (nSPS) is 13.9. The molecule has 37 heavy (non-hydrogen) atoms. The molecular formula is C22H23F6N3O4S2. The third-order valence-electron chi connectivity index (χ3n) is 5.05. The highest BCUT2D eigenvalue weighted by Crippen LogP contribution is 2.42. The summed E-state index contributed by atoms with van der Waals surface area (Å²) in [7, 11) is -5.16. The van der Waals surface area contributed by atoms with E-state index in [1.165, 1.54) is 4.72 Å². The fraction of sp³-hybridized carbons (Fsp3) is 0.455. The Morgan fingerprint density at radius 2 is 1.84 bits per heavy atom. The molecule has 0 saturated heterocycles. The Labute approximate surface area is 212 Å². The molecule has 0 aliphatic carbocycles. The number of halogens is 6. The van der Waals surface area contributed by atoms with Crippen LogP contribution in [0.2, 0.25) is 0 Å². The Kier molecular flexibility index (Phi) is 8.13. The number of aliphatic hydroxyl groups is 1. The van der Waals surface area contributed by atoms with Crippen LogP contribution in [-0.4, -0.2) is 35.9 Å². The summed E-state index contributed by atoms with van der Waals surface area (Å²) in [5, 5.41) is 13.8. The van der Waals surface area contributed by atoms with Gasteiger partial charge in [0.2, 0.25) is 10.0 Å². The maximum atomic E-state index is 15.2. The standard InChI is InChI=1S/C22H23F6N3O4S2/c1-10(22(26,27)28)31-37(33,34)15-6-5-12(16(17(15)23)19(24)25)18-14(9-32)29-20(36-18)13-7-11(35-30-13)8-21(2,3)4/h5-7,10,19,31-32H,8-9H2,1-4H3/t10-/m0/s1. The van der Waals surface area contributed by atoms with Crippen molar-refractivity contribution in [1.29, 1.82) is 0 Å². The molecule has 3 aromatic rings. The molecule has 7 nitrogen and oxygen atoms in total. The van der Waals surface area contributed by atoms with E-state index in [2.05, 4.69) is 10.1 Å². The largest absolute Gasteiger partial charge is 0.404 e. The quantitative estimate of drug-likeness (QED) is 0.329. The van der Waals surface area contributed by atoms with E-state index in [0.717, 1.165) is 17.4 Å². The summed E-state index contributed by atoms with van der Waals surface area (Å²) in [6.45, 7) is 5.69. The monoisotopic (exact) mass is 571 g/mol. The average Bonchev–Trinajstić information content (AvgIpc) is 3.37. The van der Waals surface area contributed by atoms with E-state index >= 15 is 4.39 Å². The maximum Gasteiger partial charge on any atom is 0.404 e. The van der Waals surface area contributed by atoms with Gasteiger partial charge in [0.25, 0.3) is 6.43 Å². The molecule has 0 unspecified atom stereocenters. The molecule has 1 atom stereocenters. The van der Waals surface area contributed by atoms with E-state index in [1.807, 2.05) is 20.8 Å². The molecule has 0 radical (unpaired) electrons. The topological polar surface area (TPSA) is 105 Å². The number of nitrogens with zero attached hydrogens (tertiary/aromatic N) is 2. The molecule has 0 fully saturated rings. The summed E-state index contributed by atoms with van der Waals surface area (Å²) >= 11 is 0.782. The number of hydrogen-bond acceptors (Lipinski definition) is 7. The van der Waals surface area contributed by atoms with Gasteiger partial charge in [0.05, 0.1) is 22.7 Å². The number of rotatable bonds is 8. The molecule has 0 aliphatic rings. The fourth-order valence-corrected chi connectivity index (χ4v) is 5.74. The predicted octanol–water partition coefficient (Wildman–Crippen LogP) is 5.85. The minimum absolute atomic E-state index is 0.0901. The second-order valence-electron chi connectivity index (χ2n) is 9.39. The van der Waals surface area contributed by atoms with Crippen LogP contribution in [0.25, 0.3) is 21.1 Å². The van der Waals surface area contributed by atoms with E-state index in [1.54, 1.807) is 6.07 Å². The van der Waals surface area contributed by atoms with Crippen molar-refractivity contribution in [2.75, 3.05) is 0 Å². The van der Waals surface area contributed by atoms with Gasteiger partial charge < -0.3 is 9.63 Å². The van der Waals surface area contributed by atoms with Gasteiger partial charge in [-0.05, 0) is 18.4 Å². The van der Waals surface area contributed by atoms with Gasteiger partial charge in [-0.25, -0.2) is 26.6 Å². The Bertz CT molecular complexity index is 1380. The van der Waals surface area contributed by atoms with Gasteiger partial charge >= 0.3 is 6.18 Å². The number of aromatic nitrogens is 2. The molecule has 0 saturated carbocycles.